The first-order chi connectivity index (χ1) is 11.1. The number of nitrogens with one attached hydrogen (secondary N) is 1. The Morgan fingerprint density at radius 2 is 1.65 bits per heavy atom. The minimum atomic E-state index is -1.36. The first kappa shape index (κ1) is 15.1. The molecule has 2 aromatic rings. The zero-order valence-corrected chi connectivity index (χ0v) is 12.4. The lowest BCUT2D eigenvalue weighted by Crippen LogP contribution is -2.43. The average molecular weight is 315 g/mol. The number of hydrogen-bond acceptors (Lipinski definition) is 5. The number of benzene rings is 1. The number of carboxylic acid groups (broad SMARTS) is 1. The molecule has 0 aliphatic carbocycles. The molecule has 3 rings (SSSR count). The number of aromatic hydroxyl groups is 1. The van der Waals surface area contributed by atoms with Gasteiger partial charge in [0, 0.05) is 43.8 Å². The van der Waals surface area contributed by atoms with Gasteiger partial charge in [0.15, 0.2) is 5.75 Å². The molecule has 1 aromatic carbocycles. The van der Waals surface area contributed by atoms with Crippen LogP contribution in [0, 0.1) is 0 Å². The third-order valence-electron chi connectivity index (χ3n) is 3.87. The van der Waals surface area contributed by atoms with E-state index in [9.17, 15) is 14.7 Å². The second-order valence-corrected chi connectivity index (χ2v) is 5.35. The van der Waals surface area contributed by atoms with Gasteiger partial charge in [0.25, 0.3) is 0 Å². The van der Waals surface area contributed by atoms with Crippen LogP contribution in [0.2, 0.25) is 0 Å². The molecule has 120 valence electrons. The first-order valence-electron chi connectivity index (χ1n) is 7.31. The molecule has 1 aromatic heterocycles. The monoisotopic (exact) mass is 315 g/mol. The molecule has 0 amide bonds. The predicted molar refractivity (Wildman–Crippen MR) is 85.7 cm³/mol. The van der Waals surface area contributed by atoms with Crippen molar-refractivity contribution in [3.63, 3.8) is 0 Å². The Balaban J connectivity index is 1.93. The highest BCUT2D eigenvalue weighted by Crippen LogP contribution is 2.19. The van der Waals surface area contributed by atoms with Gasteiger partial charge in [0.05, 0.1) is 6.20 Å². The number of aromatic carboxylic acids is 1. The van der Waals surface area contributed by atoms with Crippen molar-refractivity contribution < 1.29 is 15.0 Å². The Morgan fingerprint density at radius 3 is 2.26 bits per heavy atom. The van der Waals surface area contributed by atoms with E-state index in [4.69, 9.17) is 5.11 Å². The van der Waals surface area contributed by atoms with Gasteiger partial charge in [-0.2, -0.15) is 0 Å². The number of piperazine rings is 1. The number of anilines is 1. The number of carbonyl (C=O) groups is 1. The standard InChI is InChI=1S/C16H17N3O4/c20-14-10-19(9-13(15(14)21)16(22)23)12-3-1-11(2-4-12)18-7-5-17-6-8-18/h1-4,9-10,17,20H,5-8H2,(H,22,23). The van der Waals surface area contributed by atoms with Crippen LogP contribution >= 0.6 is 0 Å². The van der Waals surface area contributed by atoms with Gasteiger partial charge < -0.3 is 25.0 Å². The molecule has 2 heterocycles. The van der Waals surface area contributed by atoms with Crippen LogP contribution in [-0.2, 0) is 0 Å². The van der Waals surface area contributed by atoms with Crippen LogP contribution < -0.4 is 15.6 Å². The summed E-state index contributed by atoms with van der Waals surface area (Å²) in [5.74, 6) is -1.95. The highest BCUT2D eigenvalue weighted by atomic mass is 16.4. The maximum absolute atomic E-state index is 11.6. The summed E-state index contributed by atoms with van der Waals surface area (Å²) in [6, 6.07) is 7.53. The number of carboxylic acids is 1. The topological polar surface area (TPSA) is 94.8 Å². The number of nitrogens with zero attached hydrogens (tertiary/aromatic N) is 2. The lowest BCUT2D eigenvalue weighted by molar-refractivity contribution is 0.0694. The van der Waals surface area contributed by atoms with Crippen molar-refractivity contribution in [3.8, 4) is 11.4 Å². The van der Waals surface area contributed by atoms with Crippen molar-refractivity contribution in [2.24, 2.45) is 0 Å². The summed E-state index contributed by atoms with van der Waals surface area (Å²) in [5.41, 5.74) is 0.406. The Hall–Kier alpha value is -2.80. The average Bonchev–Trinajstić information content (AvgIpc) is 2.58. The van der Waals surface area contributed by atoms with Crippen molar-refractivity contribution in [3.05, 3.63) is 52.4 Å². The molecular formula is C16H17N3O4. The normalized spacial score (nSPS) is 14.7. The third kappa shape index (κ3) is 3.04. The van der Waals surface area contributed by atoms with E-state index in [0.29, 0.717) is 5.69 Å². The van der Waals surface area contributed by atoms with Crippen LogP contribution in [0.1, 0.15) is 10.4 Å². The molecule has 1 aliphatic heterocycles. The molecule has 1 aliphatic rings. The van der Waals surface area contributed by atoms with E-state index in [1.807, 2.05) is 24.3 Å². The SMILES string of the molecule is O=C(O)c1cn(-c2ccc(N3CCNCC3)cc2)cc(O)c1=O. The fourth-order valence-electron chi connectivity index (χ4n) is 2.62. The van der Waals surface area contributed by atoms with Crippen LogP contribution in [0.4, 0.5) is 5.69 Å². The lowest BCUT2D eigenvalue weighted by Gasteiger charge is -2.29. The number of hydrogen-bond donors (Lipinski definition) is 3. The van der Waals surface area contributed by atoms with Crippen molar-refractivity contribution in [2.75, 3.05) is 31.1 Å². The molecule has 0 radical (unpaired) electrons. The Labute approximate surface area is 132 Å². The molecule has 3 N–H and O–H groups in total. The lowest BCUT2D eigenvalue weighted by atomic mass is 10.2. The van der Waals surface area contributed by atoms with Gasteiger partial charge in [-0.05, 0) is 24.3 Å². The fourth-order valence-corrected chi connectivity index (χ4v) is 2.62. The molecule has 0 atom stereocenters. The number of pyridine rings is 1. The van der Waals surface area contributed by atoms with Crippen LogP contribution in [0.5, 0.6) is 5.75 Å². The Kier molecular flexibility index (Phi) is 4.03. The van der Waals surface area contributed by atoms with E-state index >= 15 is 0 Å². The molecular weight excluding hydrogens is 298 g/mol. The summed E-state index contributed by atoms with van der Waals surface area (Å²) < 4.78 is 1.43. The van der Waals surface area contributed by atoms with Gasteiger partial charge in [0.1, 0.15) is 5.56 Å². The summed E-state index contributed by atoms with van der Waals surface area (Å²) in [6.07, 6.45) is 2.43. The van der Waals surface area contributed by atoms with Crippen molar-refractivity contribution in [1.82, 2.24) is 9.88 Å². The van der Waals surface area contributed by atoms with Crippen molar-refractivity contribution in [1.29, 1.82) is 0 Å². The summed E-state index contributed by atoms with van der Waals surface area (Å²) in [7, 11) is 0. The van der Waals surface area contributed by atoms with Crippen LogP contribution in [0.25, 0.3) is 5.69 Å². The van der Waals surface area contributed by atoms with E-state index in [0.717, 1.165) is 31.9 Å². The molecule has 7 nitrogen and oxygen atoms in total. The maximum Gasteiger partial charge on any atom is 0.341 e. The van der Waals surface area contributed by atoms with Gasteiger partial charge in [-0.1, -0.05) is 0 Å². The quantitative estimate of drug-likeness (QED) is 0.770. The third-order valence-corrected chi connectivity index (χ3v) is 3.87. The Morgan fingerprint density at radius 1 is 1.04 bits per heavy atom. The van der Waals surface area contributed by atoms with Gasteiger partial charge in [0.2, 0.25) is 5.43 Å². The highest BCUT2D eigenvalue weighted by Gasteiger charge is 2.14. The van der Waals surface area contributed by atoms with E-state index < -0.39 is 22.7 Å². The Bertz CT molecular complexity index is 777. The molecule has 0 saturated carbocycles. The zero-order chi connectivity index (χ0) is 16.4. The van der Waals surface area contributed by atoms with Crippen LogP contribution in [0.15, 0.2) is 41.5 Å². The fraction of sp³-hybridized carbons (Fsp3) is 0.250. The number of aromatic nitrogens is 1. The van der Waals surface area contributed by atoms with Crippen molar-refractivity contribution >= 4 is 11.7 Å². The zero-order valence-electron chi connectivity index (χ0n) is 12.4. The second kappa shape index (κ2) is 6.13. The van der Waals surface area contributed by atoms with E-state index in [2.05, 4.69) is 10.2 Å². The van der Waals surface area contributed by atoms with E-state index in [1.54, 1.807) is 0 Å². The smallest absolute Gasteiger partial charge is 0.341 e. The molecule has 0 unspecified atom stereocenters. The molecule has 0 bridgehead atoms. The van der Waals surface area contributed by atoms with Gasteiger partial charge in [-0.3, -0.25) is 4.79 Å². The summed E-state index contributed by atoms with van der Waals surface area (Å²) in [4.78, 5) is 24.9. The summed E-state index contributed by atoms with van der Waals surface area (Å²) in [5, 5.41) is 22.0. The van der Waals surface area contributed by atoms with Gasteiger partial charge in [-0.25, -0.2) is 4.79 Å². The van der Waals surface area contributed by atoms with Crippen molar-refractivity contribution in [2.45, 2.75) is 0 Å². The predicted octanol–water partition coefficient (Wildman–Crippen LogP) is 0.651. The van der Waals surface area contributed by atoms with Crippen LogP contribution in [0.3, 0.4) is 0 Å². The largest absolute Gasteiger partial charge is 0.503 e. The van der Waals surface area contributed by atoms with E-state index in [1.165, 1.54) is 17.0 Å². The highest BCUT2D eigenvalue weighted by molar-refractivity contribution is 5.87. The summed E-state index contributed by atoms with van der Waals surface area (Å²) >= 11 is 0. The molecule has 7 heteroatoms. The number of rotatable bonds is 3. The minimum absolute atomic E-state index is 0.462. The van der Waals surface area contributed by atoms with Gasteiger partial charge in [-0.15, -0.1) is 0 Å². The van der Waals surface area contributed by atoms with Crippen LogP contribution in [-0.4, -0.2) is 46.9 Å². The maximum atomic E-state index is 11.6. The minimum Gasteiger partial charge on any atom is -0.503 e. The summed E-state index contributed by atoms with van der Waals surface area (Å²) in [6.45, 7) is 3.75. The van der Waals surface area contributed by atoms with E-state index in [-0.39, 0.29) is 0 Å². The second-order valence-electron chi connectivity index (χ2n) is 5.35. The molecule has 23 heavy (non-hydrogen) atoms. The molecule has 1 fully saturated rings. The first-order valence-corrected chi connectivity index (χ1v) is 7.31. The molecule has 1 saturated heterocycles. The molecule has 0 spiro atoms. The van der Waals surface area contributed by atoms with Gasteiger partial charge >= 0.3 is 5.97 Å².